The molecule has 3 aromatic rings. The van der Waals surface area contributed by atoms with Gasteiger partial charge in [0.05, 0.1) is 6.33 Å². The molecule has 0 bridgehead atoms. The lowest BCUT2D eigenvalue weighted by atomic mass is 10.1. The Balaban J connectivity index is 1.96. The molecule has 82 valence electrons. The zero-order chi connectivity index (χ0) is 11.5. The number of benzene rings is 1. The summed E-state index contributed by atoms with van der Waals surface area (Å²) in [5.41, 5.74) is 3.21. The van der Waals surface area contributed by atoms with E-state index in [2.05, 4.69) is 15.0 Å². The normalized spacial score (nSPS) is 10.4. The Morgan fingerprint density at radius 2 is 1.59 bits per heavy atom. The monoisotopic (exact) mass is 222 g/mol. The van der Waals surface area contributed by atoms with Crippen LogP contribution in [0, 0.1) is 0 Å². The molecule has 4 heteroatoms. The Morgan fingerprint density at radius 1 is 0.824 bits per heavy atom. The Hall–Kier alpha value is -2.49. The zero-order valence-corrected chi connectivity index (χ0v) is 9.06. The zero-order valence-electron chi connectivity index (χ0n) is 9.06. The lowest BCUT2D eigenvalue weighted by Crippen LogP contribution is -1.89. The quantitative estimate of drug-likeness (QED) is 0.668. The van der Waals surface area contributed by atoms with Crippen LogP contribution in [0.3, 0.4) is 0 Å². The predicted molar refractivity (Wildman–Crippen MR) is 64.6 cm³/mol. The van der Waals surface area contributed by atoms with Crippen molar-refractivity contribution in [3.63, 3.8) is 0 Å². The largest absolute Gasteiger partial charge is 0.306 e. The van der Waals surface area contributed by atoms with Crippen LogP contribution in [-0.4, -0.2) is 19.5 Å². The second-order valence-corrected chi connectivity index (χ2v) is 3.64. The molecule has 0 N–H and O–H groups in total. The standard InChI is InChI=1S/C13H10N4/c1-3-13(17-6-5-14-10-17)4-2-11(1)12-7-15-9-16-8-12/h1-10H. The maximum Gasteiger partial charge on any atom is 0.115 e. The van der Waals surface area contributed by atoms with Crippen molar-refractivity contribution < 1.29 is 0 Å². The van der Waals surface area contributed by atoms with Gasteiger partial charge in [-0.3, -0.25) is 0 Å². The molecule has 0 radical (unpaired) electrons. The first-order chi connectivity index (χ1) is 8.43. The molecule has 0 atom stereocenters. The van der Waals surface area contributed by atoms with Crippen molar-refractivity contribution in [1.29, 1.82) is 0 Å². The van der Waals surface area contributed by atoms with Crippen LogP contribution in [0.5, 0.6) is 0 Å². The summed E-state index contributed by atoms with van der Waals surface area (Å²) in [6, 6.07) is 8.19. The van der Waals surface area contributed by atoms with E-state index in [-0.39, 0.29) is 0 Å². The maximum atomic E-state index is 4.02. The molecule has 0 unspecified atom stereocenters. The second-order valence-electron chi connectivity index (χ2n) is 3.64. The highest BCUT2D eigenvalue weighted by atomic mass is 15.0. The lowest BCUT2D eigenvalue weighted by Gasteiger charge is -2.04. The first-order valence-corrected chi connectivity index (χ1v) is 5.27. The first kappa shape index (κ1) is 9.72. The number of aromatic nitrogens is 4. The van der Waals surface area contributed by atoms with E-state index in [0.29, 0.717) is 0 Å². The van der Waals surface area contributed by atoms with Crippen LogP contribution in [0.15, 0.2) is 61.7 Å². The Bertz CT molecular complexity index is 585. The molecule has 4 nitrogen and oxygen atoms in total. The van der Waals surface area contributed by atoms with Gasteiger partial charge in [-0.05, 0) is 17.7 Å². The molecule has 0 amide bonds. The molecule has 0 spiro atoms. The van der Waals surface area contributed by atoms with E-state index in [0.717, 1.165) is 16.8 Å². The minimum Gasteiger partial charge on any atom is -0.306 e. The van der Waals surface area contributed by atoms with Crippen LogP contribution >= 0.6 is 0 Å². The molecule has 0 aliphatic rings. The molecule has 2 aromatic heterocycles. The topological polar surface area (TPSA) is 43.6 Å². The number of rotatable bonds is 2. The van der Waals surface area contributed by atoms with E-state index in [4.69, 9.17) is 0 Å². The lowest BCUT2D eigenvalue weighted by molar-refractivity contribution is 1.06. The van der Waals surface area contributed by atoms with Crippen LogP contribution in [0.4, 0.5) is 0 Å². The Kier molecular flexibility index (Phi) is 2.38. The third kappa shape index (κ3) is 1.92. The highest BCUT2D eigenvalue weighted by Crippen LogP contribution is 2.18. The molecule has 0 aliphatic heterocycles. The average Bonchev–Trinajstić information content (AvgIpc) is 2.94. The van der Waals surface area contributed by atoms with Gasteiger partial charge in [-0.25, -0.2) is 15.0 Å². The van der Waals surface area contributed by atoms with Crippen molar-refractivity contribution >= 4 is 0 Å². The molecule has 0 saturated carbocycles. The summed E-state index contributed by atoms with van der Waals surface area (Å²) in [4.78, 5) is 12.0. The highest BCUT2D eigenvalue weighted by Gasteiger charge is 1.99. The third-order valence-corrected chi connectivity index (χ3v) is 2.56. The van der Waals surface area contributed by atoms with Gasteiger partial charge in [0.25, 0.3) is 0 Å². The Labute approximate surface area is 98.6 Å². The maximum absolute atomic E-state index is 4.02. The SMILES string of the molecule is c1cn(-c2ccc(-c3cncnc3)cc2)cn1. The van der Waals surface area contributed by atoms with Gasteiger partial charge < -0.3 is 4.57 Å². The van der Waals surface area contributed by atoms with Crippen molar-refractivity contribution in [2.24, 2.45) is 0 Å². The van der Waals surface area contributed by atoms with Gasteiger partial charge in [-0.2, -0.15) is 0 Å². The van der Waals surface area contributed by atoms with E-state index < -0.39 is 0 Å². The van der Waals surface area contributed by atoms with Gasteiger partial charge in [-0.15, -0.1) is 0 Å². The van der Waals surface area contributed by atoms with E-state index in [1.807, 2.05) is 35.0 Å². The van der Waals surface area contributed by atoms with Crippen molar-refractivity contribution in [3.05, 3.63) is 61.7 Å². The summed E-state index contributed by atoms with van der Waals surface area (Å²) in [5, 5.41) is 0. The molecule has 1 aromatic carbocycles. The van der Waals surface area contributed by atoms with E-state index in [1.54, 1.807) is 24.9 Å². The van der Waals surface area contributed by atoms with Crippen LogP contribution in [-0.2, 0) is 0 Å². The summed E-state index contributed by atoms with van der Waals surface area (Å²) in [5.74, 6) is 0. The highest BCUT2D eigenvalue weighted by molar-refractivity contribution is 5.62. The summed E-state index contributed by atoms with van der Waals surface area (Å²) in [7, 11) is 0. The number of imidazole rings is 1. The average molecular weight is 222 g/mol. The van der Waals surface area contributed by atoms with Gasteiger partial charge in [-0.1, -0.05) is 12.1 Å². The summed E-state index contributed by atoms with van der Waals surface area (Å²) in [6.45, 7) is 0. The molecule has 3 rings (SSSR count). The van der Waals surface area contributed by atoms with Gasteiger partial charge >= 0.3 is 0 Å². The van der Waals surface area contributed by atoms with E-state index in [9.17, 15) is 0 Å². The summed E-state index contributed by atoms with van der Waals surface area (Å²) in [6.07, 6.45) is 10.6. The van der Waals surface area contributed by atoms with Crippen LogP contribution in [0.2, 0.25) is 0 Å². The molecular formula is C13H10N4. The molecule has 17 heavy (non-hydrogen) atoms. The van der Waals surface area contributed by atoms with E-state index in [1.165, 1.54) is 6.33 Å². The predicted octanol–water partition coefficient (Wildman–Crippen LogP) is 2.33. The van der Waals surface area contributed by atoms with Gasteiger partial charge in [0.2, 0.25) is 0 Å². The molecule has 2 heterocycles. The molecule has 0 aliphatic carbocycles. The van der Waals surface area contributed by atoms with Gasteiger partial charge in [0.1, 0.15) is 6.33 Å². The van der Waals surface area contributed by atoms with Crippen molar-refractivity contribution in [2.75, 3.05) is 0 Å². The molecular weight excluding hydrogens is 212 g/mol. The van der Waals surface area contributed by atoms with Crippen molar-refractivity contribution in [3.8, 4) is 16.8 Å². The van der Waals surface area contributed by atoms with Crippen LogP contribution < -0.4 is 0 Å². The van der Waals surface area contributed by atoms with Crippen LogP contribution in [0.25, 0.3) is 16.8 Å². The number of hydrogen-bond acceptors (Lipinski definition) is 3. The number of hydrogen-bond donors (Lipinski definition) is 0. The minimum absolute atomic E-state index is 1.02. The van der Waals surface area contributed by atoms with Crippen LogP contribution in [0.1, 0.15) is 0 Å². The number of nitrogens with zero attached hydrogens (tertiary/aromatic N) is 4. The fourth-order valence-electron chi connectivity index (χ4n) is 1.69. The van der Waals surface area contributed by atoms with Crippen molar-refractivity contribution in [2.45, 2.75) is 0 Å². The Morgan fingerprint density at radius 3 is 2.24 bits per heavy atom. The fraction of sp³-hybridized carbons (Fsp3) is 0. The molecule has 0 fully saturated rings. The smallest absolute Gasteiger partial charge is 0.115 e. The third-order valence-electron chi connectivity index (χ3n) is 2.56. The summed E-state index contributed by atoms with van der Waals surface area (Å²) >= 11 is 0. The van der Waals surface area contributed by atoms with Gasteiger partial charge in [0.15, 0.2) is 0 Å². The first-order valence-electron chi connectivity index (χ1n) is 5.27. The van der Waals surface area contributed by atoms with Gasteiger partial charge in [0, 0.05) is 36.0 Å². The summed E-state index contributed by atoms with van der Waals surface area (Å²) < 4.78 is 1.96. The second kappa shape index (κ2) is 4.17. The van der Waals surface area contributed by atoms with E-state index >= 15 is 0 Å². The fourth-order valence-corrected chi connectivity index (χ4v) is 1.69. The minimum atomic E-state index is 1.02. The van der Waals surface area contributed by atoms with Crippen molar-refractivity contribution in [1.82, 2.24) is 19.5 Å². The molecule has 0 saturated heterocycles.